The zero-order chi connectivity index (χ0) is 20.5. The molecule has 0 aromatic heterocycles. The number of carbonyl (C=O) groups excluding carboxylic acids is 1. The number of halogens is 1. The average Bonchev–Trinajstić information content (AvgIpc) is 2.98. The van der Waals surface area contributed by atoms with Gasteiger partial charge in [0, 0.05) is 5.56 Å². The highest BCUT2D eigenvalue weighted by Crippen LogP contribution is 2.41. The average molecular weight is 385 g/mol. The van der Waals surface area contributed by atoms with Crippen LogP contribution < -0.4 is 4.74 Å². The summed E-state index contributed by atoms with van der Waals surface area (Å²) in [6.45, 7) is 5.33. The van der Waals surface area contributed by atoms with Crippen molar-refractivity contribution in [2.45, 2.75) is 38.5 Å². The van der Waals surface area contributed by atoms with Crippen LogP contribution in [0.15, 0.2) is 54.6 Å². The third-order valence-electron chi connectivity index (χ3n) is 4.36. The molecule has 3 rings (SSSR count). The summed E-state index contributed by atoms with van der Waals surface area (Å²) in [5, 5.41) is 10.7. The molecule has 6 heteroatoms. The maximum atomic E-state index is 13.4. The van der Waals surface area contributed by atoms with Crippen molar-refractivity contribution >= 4 is 11.8 Å². The van der Waals surface area contributed by atoms with E-state index in [4.69, 9.17) is 9.47 Å². The number of hydrogen-bond donors (Lipinski definition) is 1. The van der Waals surface area contributed by atoms with Crippen LogP contribution in [0.25, 0.3) is 5.70 Å². The van der Waals surface area contributed by atoms with E-state index in [2.05, 4.69) is 0 Å². The topological polar surface area (TPSA) is 59.0 Å². The van der Waals surface area contributed by atoms with E-state index in [9.17, 15) is 14.3 Å². The van der Waals surface area contributed by atoms with Crippen molar-refractivity contribution in [2.75, 3.05) is 7.11 Å². The van der Waals surface area contributed by atoms with Gasteiger partial charge in [-0.1, -0.05) is 24.3 Å². The number of amides is 1. The van der Waals surface area contributed by atoms with E-state index < -0.39 is 23.8 Å². The van der Waals surface area contributed by atoms with Gasteiger partial charge >= 0.3 is 6.09 Å². The monoisotopic (exact) mass is 385 g/mol. The van der Waals surface area contributed by atoms with Gasteiger partial charge in [-0.3, -0.25) is 4.90 Å². The van der Waals surface area contributed by atoms with Crippen LogP contribution in [0.1, 0.15) is 37.9 Å². The first kappa shape index (κ1) is 19.9. The van der Waals surface area contributed by atoms with Gasteiger partial charge in [-0.15, -0.1) is 0 Å². The Kier molecular flexibility index (Phi) is 5.42. The molecule has 0 fully saturated rings. The second-order valence-electron chi connectivity index (χ2n) is 7.62. The normalized spacial score (nSPS) is 19.4. The number of nitrogens with zero attached hydrogens (tertiary/aromatic N) is 1. The molecule has 1 N–H and O–H groups in total. The summed E-state index contributed by atoms with van der Waals surface area (Å²) >= 11 is 0. The van der Waals surface area contributed by atoms with Gasteiger partial charge in [0.05, 0.1) is 25.0 Å². The number of carbonyl (C=O) groups is 1. The number of benzene rings is 2. The molecule has 2 atom stereocenters. The van der Waals surface area contributed by atoms with E-state index in [0.717, 1.165) is 0 Å². The van der Waals surface area contributed by atoms with Gasteiger partial charge in [-0.2, -0.15) is 0 Å². The fourth-order valence-electron chi connectivity index (χ4n) is 3.18. The summed E-state index contributed by atoms with van der Waals surface area (Å²) < 4.78 is 24.2. The lowest BCUT2D eigenvalue weighted by Crippen LogP contribution is -2.38. The lowest BCUT2D eigenvalue weighted by molar-refractivity contribution is 0.0221. The van der Waals surface area contributed by atoms with Crippen molar-refractivity contribution < 1.29 is 23.8 Å². The van der Waals surface area contributed by atoms with Gasteiger partial charge in [-0.25, -0.2) is 9.18 Å². The zero-order valence-electron chi connectivity index (χ0n) is 16.3. The Labute approximate surface area is 164 Å². The van der Waals surface area contributed by atoms with E-state index in [0.29, 0.717) is 22.6 Å². The zero-order valence-corrected chi connectivity index (χ0v) is 16.3. The van der Waals surface area contributed by atoms with Crippen LogP contribution >= 0.6 is 0 Å². The Morgan fingerprint density at radius 3 is 2.43 bits per heavy atom. The molecule has 1 aliphatic heterocycles. The lowest BCUT2D eigenvalue weighted by atomic mass is 10.0. The Hall–Kier alpha value is -2.86. The minimum absolute atomic E-state index is 0.388. The van der Waals surface area contributed by atoms with Gasteiger partial charge in [0.25, 0.3) is 0 Å². The molecule has 0 spiro atoms. The van der Waals surface area contributed by atoms with E-state index in [1.54, 1.807) is 64.3 Å². The van der Waals surface area contributed by atoms with E-state index in [1.165, 1.54) is 17.0 Å². The second-order valence-corrected chi connectivity index (χ2v) is 7.62. The SMILES string of the molecule is COc1cccc(C2=C[C@@H](O)[C@H](c3ccc(F)cc3)N2C(=O)OC(C)(C)C)c1. The smallest absolute Gasteiger partial charge is 0.415 e. The number of aliphatic hydroxyl groups excluding tert-OH is 1. The highest BCUT2D eigenvalue weighted by atomic mass is 19.1. The summed E-state index contributed by atoms with van der Waals surface area (Å²) in [6.07, 6.45) is 0.0406. The molecule has 5 nitrogen and oxygen atoms in total. The van der Waals surface area contributed by atoms with Gasteiger partial charge in [0.2, 0.25) is 0 Å². The number of ether oxygens (including phenoxy) is 2. The number of aliphatic hydroxyl groups is 1. The van der Waals surface area contributed by atoms with Crippen LogP contribution in [0.3, 0.4) is 0 Å². The standard InChI is InChI=1S/C22H24FNO4/c1-22(2,3)28-21(26)24-18(15-6-5-7-17(12-15)27-4)13-19(25)20(24)14-8-10-16(23)11-9-14/h5-13,19-20,25H,1-4H3/t19-,20+/m1/s1. The maximum Gasteiger partial charge on any atom is 0.415 e. The van der Waals surface area contributed by atoms with Crippen LogP contribution in [0.5, 0.6) is 5.75 Å². The van der Waals surface area contributed by atoms with Crippen LogP contribution in [0.4, 0.5) is 9.18 Å². The number of methoxy groups -OCH3 is 1. The van der Waals surface area contributed by atoms with Crippen molar-refractivity contribution in [3.63, 3.8) is 0 Å². The summed E-state index contributed by atoms with van der Waals surface area (Å²) in [5.74, 6) is 0.239. The summed E-state index contributed by atoms with van der Waals surface area (Å²) in [5.41, 5.74) is 1.11. The first-order valence-electron chi connectivity index (χ1n) is 9.01. The molecule has 0 bridgehead atoms. The Morgan fingerprint density at radius 1 is 1.14 bits per heavy atom. The van der Waals surface area contributed by atoms with E-state index in [1.807, 2.05) is 6.07 Å². The maximum absolute atomic E-state index is 13.4. The third kappa shape index (κ3) is 4.17. The highest BCUT2D eigenvalue weighted by Gasteiger charge is 2.41. The van der Waals surface area contributed by atoms with Crippen molar-refractivity contribution in [1.29, 1.82) is 0 Å². The van der Waals surface area contributed by atoms with E-state index in [-0.39, 0.29) is 5.82 Å². The summed E-state index contributed by atoms with van der Waals surface area (Å²) in [6, 6.07) is 12.2. The summed E-state index contributed by atoms with van der Waals surface area (Å²) in [4.78, 5) is 14.5. The minimum Gasteiger partial charge on any atom is -0.497 e. The minimum atomic E-state index is -0.973. The molecule has 0 radical (unpaired) electrons. The quantitative estimate of drug-likeness (QED) is 0.843. The Morgan fingerprint density at radius 2 is 1.82 bits per heavy atom. The van der Waals surface area contributed by atoms with Crippen molar-refractivity contribution in [3.8, 4) is 5.75 Å². The van der Waals surface area contributed by atoms with Gasteiger partial charge < -0.3 is 14.6 Å². The Bertz CT molecular complexity index is 886. The molecule has 28 heavy (non-hydrogen) atoms. The van der Waals surface area contributed by atoms with Crippen molar-refractivity contribution in [3.05, 3.63) is 71.6 Å². The molecular weight excluding hydrogens is 361 g/mol. The molecule has 2 aromatic rings. The van der Waals surface area contributed by atoms with E-state index >= 15 is 0 Å². The highest BCUT2D eigenvalue weighted by molar-refractivity contribution is 5.85. The first-order chi connectivity index (χ1) is 13.2. The molecular formula is C22H24FNO4. The summed E-state index contributed by atoms with van der Waals surface area (Å²) in [7, 11) is 1.56. The molecule has 0 unspecified atom stereocenters. The van der Waals surface area contributed by atoms with Crippen molar-refractivity contribution in [1.82, 2.24) is 4.90 Å². The predicted octanol–water partition coefficient (Wildman–Crippen LogP) is 4.53. The molecule has 0 aliphatic carbocycles. The molecule has 1 aliphatic rings. The molecule has 1 heterocycles. The second kappa shape index (κ2) is 7.64. The molecule has 1 amide bonds. The number of rotatable bonds is 3. The lowest BCUT2D eigenvalue weighted by Gasteiger charge is -2.32. The van der Waals surface area contributed by atoms with Gasteiger partial charge in [0.15, 0.2) is 0 Å². The van der Waals surface area contributed by atoms with Crippen LogP contribution in [-0.2, 0) is 4.74 Å². The number of hydrogen-bond acceptors (Lipinski definition) is 4. The van der Waals surface area contributed by atoms with Crippen LogP contribution in [-0.4, -0.2) is 34.9 Å². The molecule has 0 saturated carbocycles. The first-order valence-corrected chi connectivity index (χ1v) is 9.01. The van der Waals surface area contributed by atoms with Crippen LogP contribution in [0.2, 0.25) is 0 Å². The predicted molar refractivity (Wildman–Crippen MR) is 104 cm³/mol. The fourth-order valence-corrected chi connectivity index (χ4v) is 3.18. The fraction of sp³-hybridized carbons (Fsp3) is 0.318. The van der Waals surface area contributed by atoms with Gasteiger partial charge in [-0.05, 0) is 56.7 Å². The molecule has 0 saturated heterocycles. The largest absolute Gasteiger partial charge is 0.497 e. The Balaban J connectivity index is 2.05. The van der Waals surface area contributed by atoms with Crippen molar-refractivity contribution in [2.24, 2.45) is 0 Å². The third-order valence-corrected chi connectivity index (χ3v) is 4.36. The molecule has 2 aromatic carbocycles. The van der Waals surface area contributed by atoms with Gasteiger partial charge in [0.1, 0.15) is 17.2 Å². The van der Waals surface area contributed by atoms with Crippen LogP contribution in [0, 0.1) is 5.82 Å². The molecule has 148 valence electrons.